The lowest BCUT2D eigenvalue weighted by molar-refractivity contribution is -0.144. The maximum atomic E-state index is 12.4. The molecule has 0 aromatic heterocycles. The monoisotopic (exact) mass is 325 g/mol. The highest BCUT2D eigenvalue weighted by atomic mass is 79.9. The van der Waals surface area contributed by atoms with Gasteiger partial charge in [-0.05, 0) is 43.0 Å². The van der Waals surface area contributed by atoms with Gasteiger partial charge in [-0.25, -0.2) is 4.79 Å². The Hall–Kier alpha value is -1.36. The second-order valence-electron chi connectivity index (χ2n) is 4.99. The molecule has 1 aromatic rings. The number of halogens is 1. The number of aliphatic carboxylic acids is 1. The lowest BCUT2D eigenvalue weighted by Crippen LogP contribution is -2.49. The van der Waals surface area contributed by atoms with E-state index < -0.39 is 12.0 Å². The SMILES string of the molecule is CC1CCN(C(=O)c2ccc(Br)cc2)C(C(=O)O)C1. The summed E-state index contributed by atoms with van der Waals surface area (Å²) < 4.78 is 0.895. The Morgan fingerprint density at radius 2 is 1.95 bits per heavy atom. The van der Waals surface area contributed by atoms with E-state index in [0.29, 0.717) is 24.4 Å². The standard InChI is InChI=1S/C14H16BrNO3/c1-9-6-7-16(12(8-9)14(18)19)13(17)10-2-4-11(15)5-3-10/h2-5,9,12H,6-8H2,1H3,(H,18,19). The molecule has 0 radical (unpaired) electrons. The van der Waals surface area contributed by atoms with Crippen LogP contribution in [0.2, 0.25) is 0 Å². The number of carboxylic acid groups (broad SMARTS) is 1. The molecule has 1 heterocycles. The van der Waals surface area contributed by atoms with Crippen LogP contribution in [0.25, 0.3) is 0 Å². The van der Waals surface area contributed by atoms with Gasteiger partial charge in [-0.3, -0.25) is 4.79 Å². The molecule has 1 amide bonds. The summed E-state index contributed by atoms with van der Waals surface area (Å²) in [6.07, 6.45) is 1.38. The maximum absolute atomic E-state index is 12.4. The van der Waals surface area contributed by atoms with E-state index in [1.165, 1.54) is 4.90 Å². The predicted molar refractivity (Wildman–Crippen MR) is 75.0 cm³/mol. The lowest BCUT2D eigenvalue weighted by atomic mass is 9.92. The molecule has 1 aliphatic heterocycles. The van der Waals surface area contributed by atoms with Crippen LogP contribution in [-0.2, 0) is 4.79 Å². The summed E-state index contributed by atoms with van der Waals surface area (Å²) in [7, 11) is 0. The second kappa shape index (κ2) is 5.74. The van der Waals surface area contributed by atoms with Gasteiger partial charge in [0.2, 0.25) is 0 Å². The average molecular weight is 326 g/mol. The van der Waals surface area contributed by atoms with Crippen molar-refractivity contribution in [2.24, 2.45) is 5.92 Å². The van der Waals surface area contributed by atoms with Crippen LogP contribution < -0.4 is 0 Å². The molecule has 5 heteroatoms. The number of amides is 1. The molecule has 1 N–H and O–H groups in total. The third kappa shape index (κ3) is 3.15. The number of hydrogen-bond acceptors (Lipinski definition) is 2. The summed E-state index contributed by atoms with van der Waals surface area (Å²) in [5.74, 6) is -0.779. The lowest BCUT2D eigenvalue weighted by Gasteiger charge is -2.36. The molecule has 1 fully saturated rings. The zero-order chi connectivity index (χ0) is 14.0. The number of benzene rings is 1. The van der Waals surface area contributed by atoms with Crippen LogP contribution in [0.5, 0.6) is 0 Å². The van der Waals surface area contributed by atoms with Gasteiger partial charge in [0, 0.05) is 16.6 Å². The Labute approximate surface area is 120 Å². The van der Waals surface area contributed by atoms with E-state index in [2.05, 4.69) is 15.9 Å². The van der Waals surface area contributed by atoms with Crippen LogP contribution in [0.3, 0.4) is 0 Å². The van der Waals surface area contributed by atoms with E-state index in [1.807, 2.05) is 6.92 Å². The summed E-state index contributed by atoms with van der Waals surface area (Å²) in [6.45, 7) is 2.53. The molecule has 2 rings (SSSR count). The van der Waals surface area contributed by atoms with Crippen LogP contribution in [0.1, 0.15) is 30.1 Å². The number of piperidine rings is 1. The molecule has 2 unspecified atom stereocenters. The number of carbonyl (C=O) groups excluding carboxylic acids is 1. The predicted octanol–water partition coefficient (Wildman–Crippen LogP) is 2.77. The molecule has 0 spiro atoms. The fourth-order valence-corrected chi connectivity index (χ4v) is 2.64. The van der Waals surface area contributed by atoms with Gasteiger partial charge in [-0.2, -0.15) is 0 Å². The van der Waals surface area contributed by atoms with Gasteiger partial charge in [0.25, 0.3) is 5.91 Å². The minimum absolute atomic E-state index is 0.202. The fraction of sp³-hybridized carbons (Fsp3) is 0.429. The second-order valence-corrected chi connectivity index (χ2v) is 5.90. The summed E-state index contributed by atoms with van der Waals surface area (Å²) in [5, 5.41) is 9.26. The Morgan fingerprint density at radius 3 is 2.53 bits per heavy atom. The number of nitrogens with zero attached hydrogens (tertiary/aromatic N) is 1. The molecule has 1 aromatic carbocycles. The normalized spacial score (nSPS) is 23.2. The van der Waals surface area contributed by atoms with Gasteiger partial charge in [0.15, 0.2) is 0 Å². The minimum Gasteiger partial charge on any atom is -0.480 e. The van der Waals surface area contributed by atoms with Crippen LogP contribution >= 0.6 is 15.9 Å². The van der Waals surface area contributed by atoms with Gasteiger partial charge < -0.3 is 10.0 Å². The fourth-order valence-electron chi connectivity index (χ4n) is 2.38. The van der Waals surface area contributed by atoms with Crippen molar-refractivity contribution in [3.05, 3.63) is 34.3 Å². The van der Waals surface area contributed by atoms with E-state index in [4.69, 9.17) is 0 Å². The minimum atomic E-state index is -0.919. The van der Waals surface area contributed by atoms with Gasteiger partial charge in [0.1, 0.15) is 6.04 Å². The van der Waals surface area contributed by atoms with Crippen molar-refractivity contribution in [3.63, 3.8) is 0 Å². The molecule has 1 saturated heterocycles. The van der Waals surface area contributed by atoms with Crippen molar-refractivity contribution in [3.8, 4) is 0 Å². The van der Waals surface area contributed by atoms with Crippen molar-refractivity contribution in [2.45, 2.75) is 25.8 Å². The zero-order valence-corrected chi connectivity index (χ0v) is 12.3. The van der Waals surface area contributed by atoms with Crippen LogP contribution in [0.4, 0.5) is 0 Å². The molecule has 0 saturated carbocycles. The quantitative estimate of drug-likeness (QED) is 0.909. The first-order chi connectivity index (χ1) is 8.99. The average Bonchev–Trinajstić information content (AvgIpc) is 2.38. The number of carbonyl (C=O) groups is 2. The molecular weight excluding hydrogens is 310 g/mol. The van der Waals surface area contributed by atoms with E-state index in [1.54, 1.807) is 24.3 Å². The Bertz CT molecular complexity index is 486. The molecule has 19 heavy (non-hydrogen) atoms. The first-order valence-corrected chi connectivity index (χ1v) is 7.07. The summed E-state index contributed by atoms with van der Waals surface area (Å²) in [6, 6.07) is 6.29. The van der Waals surface area contributed by atoms with Crippen molar-refractivity contribution in [1.29, 1.82) is 0 Å². The van der Waals surface area contributed by atoms with Gasteiger partial charge >= 0.3 is 5.97 Å². The van der Waals surface area contributed by atoms with E-state index in [-0.39, 0.29) is 5.91 Å². The summed E-state index contributed by atoms with van der Waals surface area (Å²) in [4.78, 5) is 25.2. The molecule has 102 valence electrons. The molecular formula is C14H16BrNO3. The molecule has 4 nitrogen and oxygen atoms in total. The highest BCUT2D eigenvalue weighted by Crippen LogP contribution is 2.24. The zero-order valence-electron chi connectivity index (χ0n) is 10.7. The van der Waals surface area contributed by atoms with Crippen LogP contribution in [0.15, 0.2) is 28.7 Å². The van der Waals surface area contributed by atoms with Crippen molar-refractivity contribution < 1.29 is 14.7 Å². The smallest absolute Gasteiger partial charge is 0.326 e. The van der Waals surface area contributed by atoms with E-state index >= 15 is 0 Å². The Morgan fingerprint density at radius 1 is 1.32 bits per heavy atom. The van der Waals surface area contributed by atoms with Crippen LogP contribution in [-0.4, -0.2) is 34.5 Å². The Kier molecular flexibility index (Phi) is 4.24. The largest absolute Gasteiger partial charge is 0.480 e. The Balaban J connectivity index is 2.21. The number of carboxylic acids is 1. The van der Waals surface area contributed by atoms with Gasteiger partial charge in [-0.15, -0.1) is 0 Å². The van der Waals surface area contributed by atoms with Gasteiger partial charge in [0.05, 0.1) is 0 Å². The van der Waals surface area contributed by atoms with E-state index in [0.717, 1.165) is 10.9 Å². The molecule has 0 bridgehead atoms. The third-order valence-corrected chi connectivity index (χ3v) is 4.03. The van der Waals surface area contributed by atoms with Crippen molar-refractivity contribution >= 4 is 27.8 Å². The molecule has 1 aliphatic rings. The molecule has 0 aliphatic carbocycles. The first kappa shape index (κ1) is 14.1. The molecule has 2 atom stereocenters. The van der Waals surface area contributed by atoms with Crippen molar-refractivity contribution in [1.82, 2.24) is 4.90 Å². The van der Waals surface area contributed by atoms with Gasteiger partial charge in [-0.1, -0.05) is 22.9 Å². The van der Waals surface area contributed by atoms with Crippen LogP contribution in [0, 0.1) is 5.92 Å². The summed E-state index contributed by atoms with van der Waals surface area (Å²) in [5.41, 5.74) is 0.531. The number of rotatable bonds is 2. The third-order valence-electron chi connectivity index (χ3n) is 3.50. The maximum Gasteiger partial charge on any atom is 0.326 e. The topological polar surface area (TPSA) is 57.6 Å². The summed E-state index contributed by atoms with van der Waals surface area (Å²) >= 11 is 3.31. The first-order valence-electron chi connectivity index (χ1n) is 6.28. The van der Waals surface area contributed by atoms with E-state index in [9.17, 15) is 14.7 Å². The number of likely N-dealkylation sites (tertiary alicyclic amines) is 1. The number of hydrogen-bond donors (Lipinski definition) is 1. The highest BCUT2D eigenvalue weighted by Gasteiger charge is 2.34. The van der Waals surface area contributed by atoms with Crippen molar-refractivity contribution in [2.75, 3.05) is 6.54 Å². The highest BCUT2D eigenvalue weighted by molar-refractivity contribution is 9.10.